The summed E-state index contributed by atoms with van der Waals surface area (Å²) in [6, 6.07) is 134. The smallest absolute Gasteiger partial charge is 0.0473 e. The lowest BCUT2D eigenvalue weighted by molar-refractivity contribution is 1.29. The van der Waals surface area contributed by atoms with Gasteiger partial charge in [0.05, 0.1) is 0 Å². The molecule has 0 unspecified atom stereocenters. The molecule has 0 aliphatic rings. The number of rotatable bonds is 12. The Morgan fingerprint density at radius 1 is 0.141 bits per heavy atom. The highest BCUT2D eigenvalue weighted by Crippen LogP contribution is 2.51. The van der Waals surface area contributed by atoms with Gasteiger partial charge in [0.15, 0.2) is 0 Å². The zero-order valence-electron chi connectivity index (χ0n) is 50.5. The molecule has 2 nitrogen and oxygen atoms in total. The molecule has 0 atom stereocenters. The summed E-state index contributed by atoms with van der Waals surface area (Å²) >= 11 is 0. The van der Waals surface area contributed by atoms with Crippen molar-refractivity contribution >= 4 is 98.8 Å². The Bertz CT molecular complexity index is 5150. The predicted molar refractivity (Wildman–Crippen MR) is 393 cm³/mol. The molecular weight excluding hydrogens is 1110 g/mol. The second kappa shape index (κ2) is 23.1. The van der Waals surface area contributed by atoms with E-state index in [9.17, 15) is 0 Å². The number of fused-ring (bicyclic) bond motifs is 8. The summed E-state index contributed by atoms with van der Waals surface area (Å²) in [5.41, 5.74) is 20.6. The molecule has 0 aliphatic heterocycles. The van der Waals surface area contributed by atoms with E-state index in [0.29, 0.717) is 0 Å². The van der Waals surface area contributed by atoms with E-state index in [-0.39, 0.29) is 0 Å². The minimum Gasteiger partial charge on any atom is -0.310 e. The standard InChI is InChI=1S/C90H60N2/c1-7-23-61(24-8-1)73-53-74(62-25-9-2-10-26-62)58-81(57-73)91(77-35-15-5-16-36-77)79-45-49-83-69(55-79)43-47-85-88(72-42-40-66-32-20-22-34-68(66)52-72)90-84-50-46-80(56-70(84)44-48-86(90)87(89(83)85)71-41-39-65-31-19-21-33-67(65)51-71)92(78-37-17-6-18-38-78)82-59-75(63-27-11-3-12-28-63)54-76(60-82)64-29-13-4-14-30-64/h1-60H. The van der Waals surface area contributed by atoms with Crippen LogP contribution in [0.5, 0.6) is 0 Å². The van der Waals surface area contributed by atoms with Gasteiger partial charge in [0.25, 0.3) is 0 Å². The molecule has 0 bridgehead atoms. The van der Waals surface area contributed by atoms with Crippen molar-refractivity contribution in [1.82, 2.24) is 0 Å². The van der Waals surface area contributed by atoms with Crippen LogP contribution in [0.1, 0.15) is 0 Å². The SMILES string of the molecule is c1ccc(-c2cc(-c3ccccc3)cc(N(c3ccccc3)c3ccc4c(ccc5c(-c6ccc7ccccc7c6)c6c(ccc7cc(N(c8ccccc8)c8cc(-c9ccccc9)cc(-c9ccccc9)c8)ccc76)c(-c6ccc7ccccc7c6)c54)c3)c2)cc1. The van der Waals surface area contributed by atoms with Crippen molar-refractivity contribution in [2.45, 2.75) is 0 Å². The predicted octanol–water partition coefficient (Wildman–Crippen LogP) is 25.5. The molecule has 0 amide bonds. The van der Waals surface area contributed by atoms with Crippen molar-refractivity contribution in [2.24, 2.45) is 0 Å². The maximum atomic E-state index is 2.43. The molecule has 17 aromatic carbocycles. The first-order chi connectivity index (χ1) is 45.6. The molecular formula is C90H60N2. The largest absolute Gasteiger partial charge is 0.310 e. The van der Waals surface area contributed by atoms with Gasteiger partial charge >= 0.3 is 0 Å². The molecule has 0 saturated heterocycles. The van der Waals surface area contributed by atoms with Gasteiger partial charge in [-0.05, 0) is 228 Å². The van der Waals surface area contributed by atoms with Crippen molar-refractivity contribution in [3.63, 3.8) is 0 Å². The summed E-state index contributed by atoms with van der Waals surface area (Å²) < 4.78 is 0. The van der Waals surface area contributed by atoms with E-state index in [2.05, 4.69) is 374 Å². The van der Waals surface area contributed by atoms with E-state index >= 15 is 0 Å². The third-order valence-electron chi connectivity index (χ3n) is 18.4. The highest BCUT2D eigenvalue weighted by atomic mass is 15.1. The van der Waals surface area contributed by atoms with Crippen LogP contribution in [-0.2, 0) is 0 Å². The summed E-state index contributed by atoms with van der Waals surface area (Å²) in [6.45, 7) is 0. The molecule has 0 aromatic heterocycles. The minimum atomic E-state index is 1.07. The summed E-state index contributed by atoms with van der Waals surface area (Å²) in [5.74, 6) is 0. The van der Waals surface area contributed by atoms with Gasteiger partial charge in [-0.1, -0.05) is 267 Å². The Morgan fingerprint density at radius 2 is 0.435 bits per heavy atom. The van der Waals surface area contributed by atoms with Crippen molar-refractivity contribution in [2.75, 3.05) is 9.80 Å². The molecule has 17 rings (SSSR count). The zero-order chi connectivity index (χ0) is 60.9. The quantitative estimate of drug-likeness (QED) is 0.0889. The van der Waals surface area contributed by atoms with Gasteiger partial charge in [0.2, 0.25) is 0 Å². The minimum absolute atomic E-state index is 1.07. The van der Waals surface area contributed by atoms with Crippen molar-refractivity contribution in [3.05, 3.63) is 364 Å². The molecule has 0 N–H and O–H groups in total. The van der Waals surface area contributed by atoms with Crippen LogP contribution in [-0.4, -0.2) is 0 Å². The zero-order valence-corrected chi connectivity index (χ0v) is 50.5. The third kappa shape index (κ3) is 9.88. The maximum Gasteiger partial charge on any atom is 0.0473 e. The van der Waals surface area contributed by atoms with Gasteiger partial charge < -0.3 is 9.80 Å². The molecule has 0 spiro atoms. The summed E-state index contributed by atoms with van der Waals surface area (Å²) in [4.78, 5) is 4.85. The highest BCUT2D eigenvalue weighted by molar-refractivity contribution is 6.32. The number of benzene rings is 17. The fourth-order valence-corrected chi connectivity index (χ4v) is 14.1. The first kappa shape index (κ1) is 54.1. The summed E-state index contributed by atoms with van der Waals surface area (Å²) in [7, 11) is 0. The first-order valence-corrected chi connectivity index (χ1v) is 31.7. The fraction of sp³-hybridized carbons (Fsp3) is 0. The molecule has 92 heavy (non-hydrogen) atoms. The van der Waals surface area contributed by atoms with E-state index in [4.69, 9.17) is 0 Å². The number of hydrogen-bond donors (Lipinski definition) is 0. The van der Waals surface area contributed by atoms with Crippen LogP contribution >= 0.6 is 0 Å². The van der Waals surface area contributed by atoms with Crippen LogP contribution in [0.2, 0.25) is 0 Å². The fourth-order valence-electron chi connectivity index (χ4n) is 14.1. The van der Waals surface area contributed by atoms with Crippen molar-refractivity contribution in [3.8, 4) is 66.8 Å². The molecule has 0 radical (unpaired) electrons. The van der Waals surface area contributed by atoms with E-state index in [1.54, 1.807) is 0 Å². The second-order valence-corrected chi connectivity index (χ2v) is 24.0. The number of para-hydroxylation sites is 2. The van der Waals surface area contributed by atoms with E-state index in [1.165, 1.54) is 98.4 Å². The highest BCUT2D eigenvalue weighted by Gasteiger charge is 2.25. The number of hydrogen-bond acceptors (Lipinski definition) is 2. The van der Waals surface area contributed by atoms with Gasteiger partial charge in [-0.3, -0.25) is 0 Å². The first-order valence-electron chi connectivity index (χ1n) is 31.7. The maximum absolute atomic E-state index is 2.43. The van der Waals surface area contributed by atoms with E-state index < -0.39 is 0 Å². The molecule has 0 fully saturated rings. The Labute approximate surface area is 536 Å². The molecule has 0 heterocycles. The van der Waals surface area contributed by atoms with E-state index in [0.717, 1.165) is 67.2 Å². The van der Waals surface area contributed by atoms with Crippen LogP contribution in [0, 0.1) is 0 Å². The van der Waals surface area contributed by atoms with Gasteiger partial charge in [-0.15, -0.1) is 0 Å². The third-order valence-corrected chi connectivity index (χ3v) is 18.4. The van der Waals surface area contributed by atoms with Gasteiger partial charge in [-0.2, -0.15) is 0 Å². The van der Waals surface area contributed by atoms with Crippen LogP contribution < -0.4 is 9.80 Å². The lowest BCUT2D eigenvalue weighted by Gasteiger charge is -2.28. The lowest BCUT2D eigenvalue weighted by atomic mass is 9.81. The molecule has 2 heteroatoms. The van der Waals surface area contributed by atoms with Gasteiger partial charge in [-0.25, -0.2) is 0 Å². The van der Waals surface area contributed by atoms with Crippen molar-refractivity contribution < 1.29 is 0 Å². The summed E-state index contributed by atoms with van der Waals surface area (Å²) in [5, 5.41) is 14.4. The van der Waals surface area contributed by atoms with Gasteiger partial charge in [0, 0.05) is 34.1 Å². The lowest BCUT2D eigenvalue weighted by Crippen LogP contribution is -2.10. The van der Waals surface area contributed by atoms with Gasteiger partial charge in [0.1, 0.15) is 0 Å². The Hall–Kier alpha value is -12.1. The molecule has 0 aliphatic carbocycles. The Balaban J connectivity index is 0.924. The number of anilines is 6. The van der Waals surface area contributed by atoms with E-state index in [1.807, 2.05) is 0 Å². The molecule has 0 saturated carbocycles. The number of nitrogens with zero attached hydrogens (tertiary/aromatic N) is 2. The Morgan fingerprint density at radius 3 is 0.783 bits per heavy atom. The second-order valence-electron chi connectivity index (χ2n) is 24.0. The van der Waals surface area contributed by atoms with Crippen LogP contribution in [0.4, 0.5) is 34.1 Å². The monoisotopic (exact) mass is 1170 g/mol. The Kier molecular flexibility index (Phi) is 13.6. The summed E-state index contributed by atoms with van der Waals surface area (Å²) in [6.07, 6.45) is 0. The van der Waals surface area contributed by atoms with Crippen LogP contribution in [0.3, 0.4) is 0 Å². The van der Waals surface area contributed by atoms with Crippen LogP contribution in [0.25, 0.3) is 131 Å². The average Bonchev–Trinajstić information content (AvgIpc) is 0.780. The molecule has 430 valence electrons. The molecule has 17 aromatic rings. The normalized spacial score (nSPS) is 11.5. The van der Waals surface area contributed by atoms with Crippen LogP contribution in [0.15, 0.2) is 364 Å². The topological polar surface area (TPSA) is 6.48 Å². The average molecular weight is 1170 g/mol. The van der Waals surface area contributed by atoms with Crippen molar-refractivity contribution in [1.29, 1.82) is 0 Å².